The van der Waals surface area contributed by atoms with Gasteiger partial charge in [-0.15, -0.1) is 24.0 Å². The van der Waals surface area contributed by atoms with E-state index in [-0.39, 0.29) is 24.0 Å². The summed E-state index contributed by atoms with van der Waals surface area (Å²) in [6.45, 7) is 3.39. The molecular weight excluding hydrogens is 451 g/mol. The van der Waals surface area contributed by atoms with E-state index in [1.54, 1.807) is 14.2 Å². The fraction of sp³-hybridized carbons (Fsp3) is 0.286. The van der Waals surface area contributed by atoms with E-state index >= 15 is 0 Å². The Hall–Kier alpha value is -2.22. The van der Waals surface area contributed by atoms with Gasteiger partial charge in [0.05, 0.1) is 7.11 Å². The number of rotatable bonds is 6. The van der Waals surface area contributed by atoms with Gasteiger partial charge in [0.25, 0.3) is 0 Å². The normalized spacial score (nSPS) is 13.3. The number of guanidine groups is 1. The number of anilines is 1. The number of aliphatic imine (C=N–C) groups is 1. The first-order valence-corrected chi connectivity index (χ1v) is 8.85. The minimum Gasteiger partial charge on any atom is -0.497 e. The Labute approximate surface area is 178 Å². The van der Waals surface area contributed by atoms with Gasteiger partial charge in [0, 0.05) is 38.9 Å². The topological polar surface area (TPSA) is 48.9 Å². The van der Waals surface area contributed by atoms with Gasteiger partial charge in [0.1, 0.15) is 5.75 Å². The van der Waals surface area contributed by atoms with Gasteiger partial charge in [0.2, 0.25) is 0 Å². The van der Waals surface area contributed by atoms with Crippen LogP contribution in [0.3, 0.4) is 0 Å². The first kappa shape index (κ1) is 21.1. The van der Waals surface area contributed by atoms with Crippen LogP contribution in [0.5, 0.6) is 5.75 Å². The van der Waals surface area contributed by atoms with Gasteiger partial charge >= 0.3 is 0 Å². The summed E-state index contributed by atoms with van der Waals surface area (Å²) in [6.07, 6.45) is 4.41. The second-order valence-corrected chi connectivity index (χ2v) is 6.18. The standard InChI is InChI=1S/C21H26N4O.HI/c1-22-21(24-16-18-8-6-10-20(14-18)26-2)23-15-17-7-5-9-19(13-17)25-11-3-4-12-25;/h3-10,13-14H,11-12,15-16H2,1-2H3,(H2,22,23,24);1H. The molecule has 3 rings (SSSR count). The maximum atomic E-state index is 5.26. The van der Waals surface area contributed by atoms with Gasteiger partial charge in [-0.05, 0) is 35.4 Å². The maximum absolute atomic E-state index is 5.26. The molecule has 0 unspecified atom stereocenters. The molecular formula is C21H27IN4O. The summed E-state index contributed by atoms with van der Waals surface area (Å²) in [5.41, 5.74) is 3.64. The minimum atomic E-state index is 0. The van der Waals surface area contributed by atoms with Crippen LogP contribution < -0.4 is 20.3 Å². The highest BCUT2D eigenvalue weighted by molar-refractivity contribution is 14.0. The molecule has 0 radical (unpaired) electrons. The van der Waals surface area contributed by atoms with Crippen molar-refractivity contribution in [2.45, 2.75) is 13.1 Å². The van der Waals surface area contributed by atoms with Crippen LogP contribution in [0.1, 0.15) is 11.1 Å². The van der Waals surface area contributed by atoms with Crippen molar-refractivity contribution in [3.63, 3.8) is 0 Å². The number of methoxy groups -OCH3 is 1. The number of hydrogen-bond acceptors (Lipinski definition) is 3. The summed E-state index contributed by atoms with van der Waals surface area (Å²) in [6, 6.07) is 16.7. The predicted octanol–water partition coefficient (Wildman–Crippen LogP) is 3.55. The lowest BCUT2D eigenvalue weighted by Crippen LogP contribution is -2.36. The smallest absolute Gasteiger partial charge is 0.191 e. The van der Waals surface area contributed by atoms with Crippen LogP contribution in [0.4, 0.5) is 5.69 Å². The van der Waals surface area contributed by atoms with E-state index in [0.717, 1.165) is 36.9 Å². The Morgan fingerprint density at radius 1 is 1.00 bits per heavy atom. The number of ether oxygens (including phenoxy) is 1. The molecule has 6 heteroatoms. The van der Waals surface area contributed by atoms with E-state index in [2.05, 4.69) is 63.0 Å². The molecule has 0 bridgehead atoms. The number of hydrogen-bond donors (Lipinski definition) is 2. The third kappa shape index (κ3) is 6.16. The summed E-state index contributed by atoms with van der Waals surface area (Å²) in [4.78, 5) is 6.65. The molecule has 0 saturated heterocycles. The molecule has 2 aromatic carbocycles. The molecule has 0 amide bonds. The second-order valence-electron chi connectivity index (χ2n) is 6.18. The number of halogens is 1. The van der Waals surface area contributed by atoms with Gasteiger partial charge in [-0.1, -0.05) is 36.4 Å². The molecule has 0 fully saturated rings. The van der Waals surface area contributed by atoms with Crippen LogP contribution in [0, 0.1) is 0 Å². The fourth-order valence-electron chi connectivity index (χ4n) is 2.93. The van der Waals surface area contributed by atoms with Crippen molar-refractivity contribution in [2.24, 2.45) is 4.99 Å². The monoisotopic (exact) mass is 478 g/mol. The molecule has 2 N–H and O–H groups in total. The molecule has 0 aromatic heterocycles. The van der Waals surface area contributed by atoms with E-state index in [1.165, 1.54) is 11.3 Å². The lowest BCUT2D eigenvalue weighted by molar-refractivity contribution is 0.414. The van der Waals surface area contributed by atoms with Gasteiger partial charge in [0.15, 0.2) is 5.96 Å². The number of nitrogens with one attached hydrogen (secondary N) is 2. The molecule has 0 atom stereocenters. The third-order valence-corrected chi connectivity index (χ3v) is 4.37. The molecule has 0 saturated carbocycles. The zero-order valence-electron chi connectivity index (χ0n) is 15.8. The van der Waals surface area contributed by atoms with E-state index in [1.807, 2.05) is 18.2 Å². The second kappa shape index (κ2) is 10.8. The summed E-state index contributed by atoms with van der Waals surface area (Å²) < 4.78 is 5.26. The summed E-state index contributed by atoms with van der Waals surface area (Å²) >= 11 is 0. The zero-order chi connectivity index (χ0) is 18.2. The largest absolute Gasteiger partial charge is 0.497 e. The molecule has 0 aliphatic carbocycles. The summed E-state index contributed by atoms with van der Waals surface area (Å²) in [5, 5.41) is 6.72. The van der Waals surface area contributed by atoms with Crippen molar-refractivity contribution in [2.75, 3.05) is 32.1 Å². The molecule has 144 valence electrons. The van der Waals surface area contributed by atoms with Crippen LogP contribution in [0.2, 0.25) is 0 Å². The maximum Gasteiger partial charge on any atom is 0.191 e. The highest BCUT2D eigenvalue weighted by Gasteiger charge is 2.08. The minimum absolute atomic E-state index is 0. The van der Waals surface area contributed by atoms with Crippen molar-refractivity contribution in [1.29, 1.82) is 0 Å². The Bertz CT molecular complexity index is 783. The fourth-order valence-corrected chi connectivity index (χ4v) is 2.93. The first-order valence-electron chi connectivity index (χ1n) is 8.85. The lowest BCUT2D eigenvalue weighted by Gasteiger charge is -2.19. The molecule has 5 nitrogen and oxygen atoms in total. The van der Waals surface area contributed by atoms with Gasteiger partial charge in [-0.2, -0.15) is 0 Å². The van der Waals surface area contributed by atoms with Crippen LogP contribution in [0.25, 0.3) is 0 Å². The molecule has 1 aliphatic rings. The van der Waals surface area contributed by atoms with E-state index in [4.69, 9.17) is 4.74 Å². The SMILES string of the molecule is CN=C(NCc1cccc(OC)c1)NCc1cccc(N2CC=CC2)c1.I. The average Bonchev–Trinajstić information content (AvgIpc) is 3.23. The van der Waals surface area contributed by atoms with Crippen molar-refractivity contribution >= 4 is 35.6 Å². The van der Waals surface area contributed by atoms with Crippen LogP contribution in [0.15, 0.2) is 65.7 Å². The number of benzene rings is 2. The Balaban J connectivity index is 0.00000261. The Kier molecular flexibility index (Phi) is 8.44. The van der Waals surface area contributed by atoms with Crippen molar-refractivity contribution < 1.29 is 4.74 Å². The lowest BCUT2D eigenvalue weighted by atomic mass is 10.2. The number of nitrogens with zero attached hydrogens (tertiary/aromatic N) is 2. The molecule has 2 aromatic rings. The zero-order valence-corrected chi connectivity index (χ0v) is 18.1. The Morgan fingerprint density at radius 2 is 1.63 bits per heavy atom. The quantitative estimate of drug-likeness (QED) is 0.289. The molecule has 0 spiro atoms. The van der Waals surface area contributed by atoms with Gasteiger partial charge in [-0.3, -0.25) is 4.99 Å². The van der Waals surface area contributed by atoms with Gasteiger partial charge < -0.3 is 20.3 Å². The van der Waals surface area contributed by atoms with Crippen LogP contribution in [-0.2, 0) is 13.1 Å². The van der Waals surface area contributed by atoms with Crippen LogP contribution in [-0.4, -0.2) is 33.2 Å². The molecule has 27 heavy (non-hydrogen) atoms. The highest BCUT2D eigenvalue weighted by atomic mass is 127. The van der Waals surface area contributed by atoms with E-state index in [0.29, 0.717) is 6.54 Å². The van der Waals surface area contributed by atoms with E-state index in [9.17, 15) is 0 Å². The predicted molar refractivity (Wildman–Crippen MR) is 123 cm³/mol. The average molecular weight is 478 g/mol. The van der Waals surface area contributed by atoms with E-state index < -0.39 is 0 Å². The summed E-state index contributed by atoms with van der Waals surface area (Å²) in [7, 11) is 3.46. The first-order chi connectivity index (χ1) is 12.8. The highest BCUT2D eigenvalue weighted by Crippen LogP contribution is 2.18. The third-order valence-electron chi connectivity index (χ3n) is 4.37. The molecule has 1 heterocycles. The van der Waals surface area contributed by atoms with Crippen LogP contribution >= 0.6 is 24.0 Å². The summed E-state index contributed by atoms with van der Waals surface area (Å²) in [5.74, 6) is 1.64. The Morgan fingerprint density at radius 3 is 2.26 bits per heavy atom. The van der Waals surface area contributed by atoms with Gasteiger partial charge in [-0.25, -0.2) is 0 Å². The van der Waals surface area contributed by atoms with Crippen molar-refractivity contribution in [3.8, 4) is 5.75 Å². The molecule has 1 aliphatic heterocycles. The van der Waals surface area contributed by atoms with Crippen molar-refractivity contribution in [1.82, 2.24) is 10.6 Å². The van der Waals surface area contributed by atoms with Crippen molar-refractivity contribution in [3.05, 3.63) is 71.8 Å².